The van der Waals surface area contributed by atoms with E-state index in [1.54, 1.807) is 12.1 Å². The molecule has 25 heavy (non-hydrogen) atoms. The van der Waals surface area contributed by atoms with Crippen LogP contribution in [0.4, 0.5) is 10.1 Å². The first kappa shape index (κ1) is 17.8. The van der Waals surface area contributed by atoms with Crippen LogP contribution in [0, 0.1) is 5.82 Å². The lowest BCUT2D eigenvalue weighted by atomic mass is 10.2. The van der Waals surface area contributed by atoms with Crippen molar-refractivity contribution in [2.24, 2.45) is 0 Å². The molecule has 3 aromatic rings. The molecule has 0 bridgehead atoms. The molecule has 0 amide bonds. The van der Waals surface area contributed by atoms with Crippen molar-refractivity contribution in [3.05, 3.63) is 93.2 Å². The lowest BCUT2D eigenvalue weighted by Gasteiger charge is -2.11. The minimum Gasteiger partial charge on any atom is -0.488 e. The first-order valence-corrected chi connectivity index (χ1v) is 8.92. The van der Waals surface area contributed by atoms with E-state index in [4.69, 9.17) is 16.3 Å². The molecule has 0 heterocycles. The van der Waals surface area contributed by atoms with Gasteiger partial charge in [-0.05, 0) is 75.6 Å². The number of rotatable bonds is 6. The van der Waals surface area contributed by atoms with Crippen LogP contribution in [0.15, 0.2) is 71.2 Å². The number of hydrogen-bond acceptors (Lipinski definition) is 2. The molecule has 0 saturated carbocycles. The van der Waals surface area contributed by atoms with Crippen LogP contribution in [-0.4, -0.2) is 0 Å². The predicted molar refractivity (Wildman–Crippen MR) is 104 cm³/mol. The number of anilines is 1. The second-order valence-electron chi connectivity index (χ2n) is 5.54. The molecule has 0 aliphatic rings. The van der Waals surface area contributed by atoms with Gasteiger partial charge in [0.25, 0.3) is 0 Å². The molecule has 0 fully saturated rings. The lowest BCUT2D eigenvalue weighted by molar-refractivity contribution is 0.304. The zero-order valence-electron chi connectivity index (χ0n) is 13.3. The Balaban J connectivity index is 1.58. The van der Waals surface area contributed by atoms with E-state index in [0.717, 1.165) is 32.1 Å². The molecule has 2 nitrogen and oxygen atoms in total. The summed E-state index contributed by atoms with van der Waals surface area (Å²) < 4.78 is 19.6. The largest absolute Gasteiger partial charge is 0.488 e. The van der Waals surface area contributed by atoms with Gasteiger partial charge in [0.2, 0.25) is 0 Å². The van der Waals surface area contributed by atoms with Gasteiger partial charge in [-0.25, -0.2) is 4.39 Å². The topological polar surface area (TPSA) is 21.3 Å². The molecule has 0 saturated heterocycles. The summed E-state index contributed by atoms with van der Waals surface area (Å²) in [6.07, 6.45) is 0. The zero-order chi connectivity index (χ0) is 17.6. The third-order valence-electron chi connectivity index (χ3n) is 3.64. The summed E-state index contributed by atoms with van der Waals surface area (Å²) in [5.41, 5.74) is 3.05. The summed E-state index contributed by atoms with van der Waals surface area (Å²) in [5.74, 6) is 0.502. The summed E-state index contributed by atoms with van der Waals surface area (Å²) in [5, 5.41) is 4.06. The van der Waals surface area contributed by atoms with Gasteiger partial charge in [0, 0.05) is 17.3 Å². The van der Waals surface area contributed by atoms with Crippen LogP contribution in [0.2, 0.25) is 5.02 Å². The maximum Gasteiger partial charge on any atom is 0.134 e. The SMILES string of the molecule is Fc1ccc(COc2ccc(CNc3ccc(Cl)cc3)cc2Br)cc1. The van der Waals surface area contributed by atoms with E-state index >= 15 is 0 Å². The number of hydrogen-bond donors (Lipinski definition) is 1. The molecule has 0 spiro atoms. The van der Waals surface area contributed by atoms with Gasteiger partial charge in [-0.1, -0.05) is 29.8 Å². The first-order valence-electron chi connectivity index (χ1n) is 7.75. The molecule has 5 heteroatoms. The normalized spacial score (nSPS) is 10.5. The second-order valence-corrected chi connectivity index (χ2v) is 6.83. The summed E-state index contributed by atoms with van der Waals surface area (Å²) in [4.78, 5) is 0. The molecule has 1 N–H and O–H groups in total. The Kier molecular flexibility index (Phi) is 5.95. The number of ether oxygens (including phenoxy) is 1. The average molecular weight is 421 g/mol. The van der Waals surface area contributed by atoms with Crippen LogP contribution < -0.4 is 10.1 Å². The van der Waals surface area contributed by atoms with Crippen molar-refractivity contribution in [1.82, 2.24) is 0 Å². The highest BCUT2D eigenvalue weighted by atomic mass is 79.9. The van der Waals surface area contributed by atoms with Crippen LogP contribution >= 0.6 is 27.5 Å². The molecule has 0 aliphatic carbocycles. The van der Waals surface area contributed by atoms with Gasteiger partial charge < -0.3 is 10.1 Å². The molecule has 0 radical (unpaired) electrons. The molecular weight excluding hydrogens is 405 g/mol. The summed E-state index contributed by atoms with van der Waals surface area (Å²) in [7, 11) is 0. The fraction of sp³-hybridized carbons (Fsp3) is 0.100. The first-order chi connectivity index (χ1) is 12.1. The fourth-order valence-corrected chi connectivity index (χ4v) is 2.95. The summed E-state index contributed by atoms with van der Waals surface area (Å²) >= 11 is 9.42. The van der Waals surface area contributed by atoms with Gasteiger partial charge >= 0.3 is 0 Å². The maximum absolute atomic E-state index is 12.9. The molecule has 0 aliphatic heterocycles. The van der Waals surface area contributed by atoms with Gasteiger partial charge in [0.05, 0.1) is 4.47 Å². The number of benzene rings is 3. The van der Waals surface area contributed by atoms with E-state index in [1.165, 1.54) is 12.1 Å². The van der Waals surface area contributed by atoms with Crippen LogP contribution in [0.5, 0.6) is 5.75 Å². The highest BCUT2D eigenvalue weighted by Gasteiger charge is 2.04. The van der Waals surface area contributed by atoms with Crippen LogP contribution in [0.3, 0.4) is 0 Å². The molecule has 128 valence electrons. The monoisotopic (exact) mass is 419 g/mol. The average Bonchev–Trinajstić information content (AvgIpc) is 2.62. The Bertz CT molecular complexity index is 837. The lowest BCUT2D eigenvalue weighted by Crippen LogP contribution is -2.00. The molecule has 3 aromatic carbocycles. The van der Waals surface area contributed by atoms with E-state index in [2.05, 4.69) is 21.2 Å². The number of halogens is 3. The van der Waals surface area contributed by atoms with E-state index in [9.17, 15) is 4.39 Å². The Morgan fingerprint density at radius 3 is 2.28 bits per heavy atom. The second kappa shape index (κ2) is 8.37. The van der Waals surface area contributed by atoms with Gasteiger partial charge in [-0.3, -0.25) is 0 Å². The van der Waals surface area contributed by atoms with E-state index in [0.29, 0.717) is 13.2 Å². The van der Waals surface area contributed by atoms with Crippen molar-refractivity contribution in [2.75, 3.05) is 5.32 Å². The Morgan fingerprint density at radius 1 is 0.920 bits per heavy atom. The standard InChI is InChI=1S/C20H16BrClFNO/c21-19-11-15(12-24-18-8-4-16(22)5-9-18)3-10-20(19)25-13-14-1-6-17(23)7-2-14/h1-11,24H,12-13H2. The summed E-state index contributed by atoms with van der Waals surface area (Å²) in [6, 6.07) is 19.8. The molecular formula is C20H16BrClFNO. The highest BCUT2D eigenvalue weighted by Crippen LogP contribution is 2.27. The predicted octanol–water partition coefficient (Wildman–Crippen LogP) is 6.43. The van der Waals surface area contributed by atoms with Crippen LogP contribution in [0.1, 0.15) is 11.1 Å². The van der Waals surface area contributed by atoms with Crippen molar-refractivity contribution in [2.45, 2.75) is 13.2 Å². The van der Waals surface area contributed by atoms with Crippen molar-refractivity contribution < 1.29 is 9.13 Å². The third-order valence-corrected chi connectivity index (χ3v) is 4.52. The van der Waals surface area contributed by atoms with E-state index < -0.39 is 0 Å². The molecule has 3 rings (SSSR count). The van der Waals surface area contributed by atoms with Crippen molar-refractivity contribution in [3.63, 3.8) is 0 Å². The molecule has 0 aromatic heterocycles. The van der Waals surface area contributed by atoms with Gasteiger partial charge in [0.1, 0.15) is 18.2 Å². The van der Waals surface area contributed by atoms with Crippen molar-refractivity contribution >= 4 is 33.2 Å². The zero-order valence-corrected chi connectivity index (χ0v) is 15.6. The minimum absolute atomic E-state index is 0.248. The quantitative estimate of drug-likeness (QED) is 0.496. The number of nitrogens with one attached hydrogen (secondary N) is 1. The van der Waals surface area contributed by atoms with E-state index in [-0.39, 0.29) is 5.82 Å². The molecule has 0 unspecified atom stereocenters. The fourth-order valence-electron chi connectivity index (χ4n) is 2.28. The Morgan fingerprint density at radius 2 is 1.60 bits per heavy atom. The van der Waals surface area contributed by atoms with Gasteiger partial charge in [-0.2, -0.15) is 0 Å². The maximum atomic E-state index is 12.9. The van der Waals surface area contributed by atoms with Gasteiger partial charge in [0.15, 0.2) is 0 Å². The van der Waals surface area contributed by atoms with Crippen LogP contribution in [0.25, 0.3) is 0 Å². The van der Waals surface area contributed by atoms with E-state index in [1.807, 2.05) is 42.5 Å². The smallest absolute Gasteiger partial charge is 0.134 e. The molecule has 0 atom stereocenters. The van der Waals surface area contributed by atoms with Crippen molar-refractivity contribution in [3.8, 4) is 5.75 Å². The minimum atomic E-state index is -0.248. The van der Waals surface area contributed by atoms with Crippen LogP contribution in [-0.2, 0) is 13.2 Å². The Labute approximate surface area is 159 Å². The van der Waals surface area contributed by atoms with Crippen molar-refractivity contribution in [1.29, 1.82) is 0 Å². The van der Waals surface area contributed by atoms with Gasteiger partial charge in [-0.15, -0.1) is 0 Å². The third kappa shape index (κ3) is 5.21. The summed E-state index contributed by atoms with van der Waals surface area (Å²) in [6.45, 7) is 1.08. The Hall–Kier alpha value is -2.04. The highest BCUT2D eigenvalue weighted by molar-refractivity contribution is 9.10.